The molecule has 0 saturated heterocycles. The second-order valence-corrected chi connectivity index (χ2v) is 5.65. The third kappa shape index (κ3) is 2.41. The number of carboxylic acid groups (broad SMARTS) is 1. The molecule has 1 atom stereocenters. The summed E-state index contributed by atoms with van der Waals surface area (Å²) in [6.45, 7) is 6.32. The number of fused-ring (bicyclic) bond motifs is 1. The molecule has 2 rings (SSSR count). The Kier molecular flexibility index (Phi) is 3.33. The predicted molar refractivity (Wildman–Crippen MR) is 71.1 cm³/mol. The predicted octanol–water partition coefficient (Wildman–Crippen LogP) is 2.69. The van der Waals surface area contributed by atoms with Crippen molar-refractivity contribution < 1.29 is 9.90 Å². The molecule has 1 heterocycles. The Hall–Kier alpha value is -1.16. The standard InChI is InChI=1S/C13H17NO2S/c1-8-4-11-12(5-9(8)2)17-7-10(3)14(11)6-13(15)16/h4-5,10H,6-7H2,1-3H3,(H,15,16). The van der Waals surface area contributed by atoms with Crippen molar-refractivity contribution in [2.45, 2.75) is 31.7 Å². The SMILES string of the molecule is Cc1cc2c(cc1C)N(CC(=O)O)C(C)CS2. The van der Waals surface area contributed by atoms with E-state index in [1.807, 2.05) is 16.7 Å². The third-order valence-electron chi connectivity index (χ3n) is 3.20. The van der Waals surface area contributed by atoms with Crippen LogP contribution in [0.5, 0.6) is 0 Å². The van der Waals surface area contributed by atoms with E-state index in [2.05, 4.69) is 32.9 Å². The first-order valence-corrected chi connectivity index (χ1v) is 6.70. The smallest absolute Gasteiger partial charge is 0.323 e. The van der Waals surface area contributed by atoms with Gasteiger partial charge in [-0.05, 0) is 44.0 Å². The highest BCUT2D eigenvalue weighted by Gasteiger charge is 2.25. The highest BCUT2D eigenvalue weighted by Crippen LogP contribution is 2.38. The Labute approximate surface area is 106 Å². The summed E-state index contributed by atoms with van der Waals surface area (Å²) in [5.74, 6) is 0.177. The largest absolute Gasteiger partial charge is 0.480 e. The van der Waals surface area contributed by atoms with E-state index < -0.39 is 5.97 Å². The summed E-state index contributed by atoms with van der Waals surface area (Å²) in [5, 5.41) is 8.98. The summed E-state index contributed by atoms with van der Waals surface area (Å²) in [4.78, 5) is 14.1. The van der Waals surface area contributed by atoms with Gasteiger partial charge in [0.15, 0.2) is 0 Å². The fourth-order valence-corrected chi connectivity index (χ4v) is 3.22. The molecule has 1 aliphatic rings. The van der Waals surface area contributed by atoms with Crippen LogP contribution in [0.2, 0.25) is 0 Å². The molecule has 0 fully saturated rings. The number of carboxylic acids is 1. The van der Waals surface area contributed by atoms with Gasteiger partial charge in [0.1, 0.15) is 6.54 Å². The van der Waals surface area contributed by atoms with E-state index >= 15 is 0 Å². The number of benzene rings is 1. The highest BCUT2D eigenvalue weighted by molar-refractivity contribution is 7.99. The molecular weight excluding hydrogens is 234 g/mol. The van der Waals surface area contributed by atoms with Gasteiger partial charge in [-0.15, -0.1) is 11.8 Å². The first-order chi connectivity index (χ1) is 7.99. The van der Waals surface area contributed by atoms with Crippen LogP contribution in [0.3, 0.4) is 0 Å². The normalized spacial score (nSPS) is 19.0. The number of thioether (sulfide) groups is 1. The quantitative estimate of drug-likeness (QED) is 0.877. The van der Waals surface area contributed by atoms with Gasteiger partial charge < -0.3 is 10.0 Å². The van der Waals surface area contributed by atoms with E-state index in [1.54, 1.807) is 0 Å². The molecule has 0 amide bonds. The minimum Gasteiger partial charge on any atom is -0.480 e. The number of anilines is 1. The fourth-order valence-electron chi connectivity index (χ4n) is 2.04. The van der Waals surface area contributed by atoms with Crippen molar-refractivity contribution in [3.05, 3.63) is 23.3 Å². The molecule has 92 valence electrons. The molecule has 1 N–H and O–H groups in total. The van der Waals surface area contributed by atoms with Crippen molar-refractivity contribution in [3.8, 4) is 0 Å². The molecule has 0 bridgehead atoms. The van der Waals surface area contributed by atoms with E-state index in [0.717, 1.165) is 11.4 Å². The van der Waals surface area contributed by atoms with Gasteiger partial charge in [-0.1, -0.05) is 0 Å². The number of hydrogen-bond donors (Lipinski definition) is 1. The Bertz CT molecular complexity index is 459. The molecule has 1 aromatic rings. The fraction of sp³-hybridized carbons (Fsp3) is 0.462. The number of hydrogen-bond acceptors (Lipinski definition) is 3. The Morgan fingerprint density at radius 1 is 1.47 bits per heavy atom. The van der Waals surface area contributed by atoms with Gasteiger partial charge in [0, 0.05) is 16.7 Å². The van der Waals surface area contributed by atoms with E-state index in [0.29, 0.717) is 0 Å². The molecule has 0 spiro atoms. The molecule has 0 saturated carbocycles. The molecule has 3 nitrogen and oxygen atoms in total. The zero-order valence-corrected chi connectivity index (χ0v) is 11.2. The third-order valence-corrected chi connectivity index (χ3v) is 4.49. The first kappa shape index (κ1) is 12.3. The van der Waals surface area contributed by atoms with Gasteiger partial charge in [-0.25, -0.2) is 0 Å². The Morgan fingerprint density at radius 2 is 2.12 bits per heavy atom. The van der Waals surface area contributed by atoms with Crippen molar-refractivity contribution in [1.29, 1.82) is 0 Å². The Balaban J connectivity index is 2.43. The van der Waals surface area contributed by atoms with Crippen LogP contribution in [0, 0.1) is 13.8 Å². The van der Waals surface area contributed by atoms with Crippen LogP contribution in [0.25, 0.3) is 0 Å². The van der Waals surface area contributed by atoms with E-state index in [4.69, 9.17) is 5.11 Å². The molecule has 0 radical (unpaired) electrons. The minimum atomic E-state index is -0.770. The molecule has 1 aliphatic heterocycles. The molecular formula is C13H17NO2S. The zero-order valence-electron chi connectivity index (χ0n) is 10.4. The molecule has 0 aromatic heterocycles. The van der Waals surface area contributed by atoms with Crippen LogP contribution < -0.4 is 4.90 Å². The molecule has 1 aromatic carbocycles. The first-order valence-electron chi connectivity index (χ1n) is 5.71. The molecule has 0 aliphatic carbocycles. The van der Waals surface area contributed by atoms with Crippen molar-refractivity contribution >= 4 is 23.4 Å². The maximum atomic E-state index is 10.9. The Morgan fingerprint density at radius 3 is 2.76 bits per heavy atom. The molecule has 1 unspecified atom stereocenters. The number of nitrogens with zero attached hydrogens (tertiary/aromatic N) is 1. The monoisotopic (exact) mass is 251 g/mol. The number of rotatable bonds is 2. The average Bonchev–Trinajstić information content (AvgIpc) is 2.25. The maximum Gasteiger partial charge on any atom is 0.323 e. The van der Waals surface area contributed by atoms with E-state index in [1.165, 1.54) is 16.0 Å². The van der Waals surface area contributed by atoms with Crippen molar-refractivity contribution in [2.75, 3.05) is 17.2 Å². The van der Waals surface area contributed by atoms with Crippen molar-refractivity contribution in [1.82, 2.24) is 0 Å². The lowest BCUT2D eigenvalue weighted by Crippen LogP contribution is -2.41. The lowest BCUT2D eigenvalue weighted by molar-refractivity contribution is -0.135. The molecule has 4 heteroatoms. The lowest BCUT2D eigenvalue weighted by atomic mass is 10.1. The van der Waals surface area contributed by atoms with Crippen molar-refractivity contribution in [3.63, 3.8) is 0 Å². The summed E-state index contributed by atoms with van der Waals surface area (Å²) in [6.07, 6.45) is 0. The highest BCUT2D eigenvalue weighted by atomic mass is 32.2. The van der Waals surface area contributed by atoms with Gasteiger partial charge in [0.05, 0.1) is 5.69 Å². The van der Waals surface area contributed by atoms with Crippen LogP contribution in [0.1, 0.15) is 18.1 Å². The summed E-state index contributed by atoms with van der Waals surface area (Å²) in [7, 11) is 0. The van der Waals surface area contributed by atoms with Crippen LogP contribution in [-0.2, 0) is 4.79 Å². The van der Waals surface area contributed by atoms with Crippen LogP contribution >= 0.6 is 11.8 Å². The molecule has 17 heavy (non-hydrogen) atoms. The van der Waals surface area contributed by atoms with Gasteiger partial charge >= 0.3 is 5.97 Å². The zero-order chi connectivity index (χ0) is 12.6. The van der Waals surface area contributed by atoms with Gasteiger partial charge in [-0.2, -0.15) is 0 Å². The second-order valence-electron chi connectivity index (χ2n) is 4.59. The maximum absolute atomic E-state index is 10.9. The van der Waals surface area contributed by atoms with Gasteiger partial charge in [0.25, 0.3) is 0 Å². The van der Waals surface area contributed by atoms with Crippen molar-refractivity contribution in [2.24, 2.45) is 0 Å². The summed E-state index contributed by atoms with van der Waals surface area (Å²) in [6, 6.07) is 4.54. The summed E-state index contributed by atoms with van der Waals surface area (Å²) < 4.78 is 0. The number of carbonyl (C=O) groups is 1. The lowest BCUT2D eigenvalue weighted by Gasteiger charge is -2.36. The van der Waals surface area contributed by atoms with E-state index in [-0.39, 0.29) is 12.6 Å². The number of aliphatic carboxylic acids is 1. The van der Waals surface area contributed by atoms with Crippen LogP contribution in [0.15, 0.2) is 17.0 Å². The topological polar surface area (TPSA) is 40.5 Å². The van der Waals surface area contributed by atoms with Gasteiger partial charge in [0.2, 0.25) is 0 Å². The van der Waals surface area contributed by atoms with E-state index in [9.17, 15) is 4.79 Å². The van der Waals surface area contributed by atoms with Crippen LogP contribution in [0.4, 0.5) is 5.69 Å². The second kappa shape index (κ2) is 4.61. The number of aryl methyl sites for hydroxylation is 2. The summed E-state index contributed by atoms with van der Waals surface area (Å²) >= 11 is 1.82. The average molecular weight is 251 g/mol. The summed E-state index contributed by atoms with van der Waals surface area (Å²) in [5.41, 5.74) is 3.55. The van der Waals surface area contributed by atoms with Gasteiger partial charge in [-0.3, -0.25) is 4.79 Å². The van der Waals surface area contributed by atoms with Crippen LogP contribution in [-0.4, -0.2) is 29.4 Å². The minimum absolute atomic E-state index is 0.0806.